The van der Waals surface area contributed by atoms with E-state index in [4.69, 9.17) is 4.74 Å². The molecule has 0 aliphatic rings. The van der Waals surface area contributed by atoms with Gasteiger partial charge in [0.05, 0.1) is 6.61 Å². The zero-order valence-electron chi connectivity index (χ0n) is 11.5. The fourth-order valence-corrected chi connectivity index (χ4v) is 1.82. The lowest BCUT2D eigenvalue weighted by Crippen LogP contribution is -2.07. The average molecular weight is 248 g/mol. The molecule has 0 saturated carbocycles. The molecule has 1 aromatic rings. The standard InChI is InChI=1S/C16H24O2/c1-14(2)8-6-7-11-16(17)18-13-12-15-9-4-3-5-10-15/h3-5,9-10,14H,6-8,11-13H2,1-2H3. The van der Waals surface area contributed by atoms with Crippen LogP contribution in [-0.4, -0.2) is 12.6 Å². The molecule has 0 aliphatic carbocycles. The van der Waals surface area contributed by atoms with Crippen molar-refractivity contribution in [1.82, 2.24) is 0 Å². The molecule has 0 radical (unpaired) electrons. The summed E-state index contributed by atoms with van der Waals surface area (Å²) in [6.45, 7) is 4.91. The molecule has 1 rings (SSSR count). The molecule has 0 aliphatic heterocycles. The van der Waals surface area contributed by atoms with Crippen LogP contribution in [0.4, 0.5) is 0 Å². The summed E-state index contributed by atoms with van der Waals surface area (Å²) in [7, 11) is 0. The fraction of sp³-hybridized carbons (Fsp3) is 0.562. The monoisotopic (exact) mass is 248 g/mol. The van der Waals surface area contributed by atoms with Crippen molar-refractivity contribution in [2.75, 3.05) is 6.61 Å². The van der Waals surface area contributed by atoms with Crippen LogP contribution in [0.5, 0.6) is 0 Å². The molecule has 0 amide bonds. The molecule has 0 saturated heterocycles. The number of rotatable bonds is 8. The van der Waals surface area contributed by atoms with Crippen molar-refractivity contribution in [1.29, 1.82) is 0 Å². The minimum Gasteiger partial charge on any atom is -0.465 e. The maximum Gasteiger partial charge on any atom is 0.305 e. The zero-order chi connectivity index (χ0) is 13.2. The number of hydrogen-bond donors (Lipinski definition) is 0. The van der Waals surface area contributed by atoms with E-state index in [1.54, 1.807) is 0 Å². The van der Waals surface area contributed by atoms with E-state index in [0.29, 0.717) is 13.0 Å². The van der Waals surface area contributed by atoms with Crippen LogP contribution in [0.25, 0.3) is 0 Å². The summed E-state index contributed by atoms with van der Waals surface area (Å²) >= 11 is 0. The minimum atomic E-state index is -0.0605. The van der Waals surface area contributed by atoms with Crippen molar-refractivity contribution < 1.29 is 9.53 Å². The SMILES string of the molecule is CC(C)CCCCC(=O)OCCc1ccccc1. The Morgan fingerprint density at radius 3 is 2.56 bits per heavy atom. The second-order valence-electron chi connectivity index (χ2n) is 5.10. The van der Waals surface area contributed by atoms with Crippen molar-refractivity contribution in [3.8, 4) is 0 Å². The van der Waals surface area contributed by atoms with Gasteiger partial charge in [-0.2, -0.15) is 0 Å². The number of carbonyl (C=O) groups excluding carboxylic acids is 1. The molecule has 0 fully saturated rings. The van der Waals surface area contributed by atoms with Crippen molar-refractivity contribution in [2.45, 2.75) is 46.0 Å². The molecule has 18 heavy (non-hydrogen) atoms. The van der Waals surface area contributed by atoms with E-state index < -0.39 is 0 Å². The van der Waals surface area contributed by atoms with Gasteiger partial charge < -0.3 is 4.74 Å². The lowest BCUT2D eigenvalue weighted by atomic mass is 10.1. The Labute approximate surface area is 110 Å². The molecule has 0 unspecified atom stereocenters. The summed E-state index contributed by atoms with van der Waals surface area (Å²) in [6, 6.07) is 10.1. The van der Waals surface area contributed by atoms with Gasteiger partial charge in [0.15, 0.2) is 0 Å². The molecular formula is C16H24O2. The third-order valence-electron chi connectivity index (χ3n) is 2.91. The number of benzene rings is 1. The Balaban J connectivity index is 2.03. The van der Waals surface area contributed by atoms with Gasteiger partial charge in [0.2, 0.25) is 0 Å². The summed E-state index contributed by atoms with van der Waals surface area (Å²) in [5, 5.41) is 0. The zero-order valence-corrected chi connectivity index (χ0v) is 11.5. The van der Waals surface area contributed by atoms with Gasteiger partial charge in [-0.1, -0.05) is 57.0 Å². The van der Waals surface area contributed by atoms with E-state index in [1.807, 2.05) is 18.2 Å². The average Bonchev–Trinajstić information content (AvgIpc) is 2.36. The highest BCUT2D eigenvalue weighted by molar-refractivity contribution is 5.69. The first kappa shape index (κ1) is 14.7. The van der Waals surface area contributed by atoms with E-state index in [9.17, 15) is 4.79 Å². The third-order valence-corrected chi connectivity index (χ3v) is 2.91. The van der Waals surface area contributed by atoms with Crippen molar-refractivity contribution in [3.63, 3.8) is 0 Å². The van der Waals surface area contributed by atoms with Gasteiger partial charge in [-0.05, 0) is 17.9 Å². The Kier molecular flexibility index (Phi) is 7.16. The van der Waals surface area contributed by atoms with E-state index in [1.165, 1.54) is 12.0 Å². The van der Waals surface area contributed by atoms with Gasteiger partial charge in [0, 0.05) is 12.8 Å². The normalized spacial score (nSPS) is 10.6. The van der Waals surface area contributed by atoms with Crippen LogP contribution in [-0.2, 0) is 16.0 Å². The Morgan fingerprint density at radius 2 is 1.89 bits per heavy atom. The molecular weight excluding hydrogens is 224 g/mol. The van der Waals surface area contributed by atoms with Crippen LogP contribution < -0.4 is 0 Å². The molecule has 2 nitrogen and oxygen atoms in total. The van der Waals surface area contributed by atoms with E-state index >= 15 is 0 Å². The summed E-state index contributed by atoms with van der Waals surface area (Å²) in [5.74, 6) is 0.661. The first-order valence-electron chi connectivity index (χ1n) is 6.88. The highest BCUT2D eigenvalue weighted by atomic mass is 16.5. The van der Waals surface area contributed by atoms with Gasteiger partial charge in [0.1, 0.15) is 0 Å². The summed E-state index contributed by atoms with van der Waals surface area (Å²) in [6.07, 6.45) is 4.62. The highest BCUT2D eigenvalue weighted by Crippen LogP contribution is 2.08. The van der Waals surface area contributed by atoms with Crippen LogP contribution in [0.3, 0.4) is 0 Å². The highest BCUT2D eigenvalue weighted by Gasteiger charge is 2.03. The third kappa shape index (κ3) is 7.10. The van der Waals surface area contributed by atoms with Gasteiger partial charge >= 0.3 is 5.97 Å². The largest absolute Gasteiger partial charge is 0.465 e. The fourth-order valence-electron chi connectivity index (χ4n) is 1.82. The number of esters is 1. The van der Waals surface area contributed by atoms with E-state index in [-0.39, 0.29) is 5.97 Å². The molecule has 0 N–H and O–H groups in total. The van der Waals surface area contributed by atoms with Gasteiger partial charge in [-0.15, -0.1) is 0 Å². The van der Waals surface area contributed by atoms with Crippen molar-refractivity contribution in [3.05, 3.63) is 35.9 Å². The molecule has 0 aromatic heterocycles. The molecule has 0 spiro atoms. The molecule has 1 aromatic carbocycles. The van der Waals surface area contributed by atoms with E-state index in [0.717, 1.165) is 25.2 Å². The predicted octanol–water partition coefficient (Wildman–Crippen LogP) is 3.99. The van der Waals surface area contributed by atoms with Gasteiger partial charge in [-0.3, -0.25) is 4.79 Å². The minimum absolute atomic E-state index is 0.0605. The van der Waals surface area contributed by atoms with Crippen LogP contribution >= 0.6 is 0 Å². The molecule has 0 heterocycles. The first-order chi connectivity index (χ1) is 8.68. The lowest BCUT2D eigenvalue weighted by molar-refractivity contribution is -0.143. The van der Waals surface area contributed by atoms with Gasteiger partial charge in [0.25, 0.3) is 0 Å². The molecule has 2 heteroatoms. The predicted molar refractivity (Wildman–Crippen MR) is 74.4 cm³/mol. The summed E-state index contributed by atoms with van der Waals surface area (Å²) < 4.78 is 5.21. The van der Waals surface area contributed by atoms with Crippen LogP contribution in [0.2, 0.25) is 0 Å². The number of carbonyl (C=O) groups is 1. The number of hydrogen-bond acceptors (Lipinski definition) is 2. The van der Waals surface area contributed by atoms with Crippen LogP contribution in [0.15, 0.2) is 30.3 Å². The Morgan fingerprint density at radius 1 is 1.17 bits per heavy atom. The molecule has 0 atom stereocenters. The quantitative estimate of drug-likeness (QED) is 0.513. The maximum absolute atomic E-state index is 11.5. The van der Waals surface area contributed by atoms with E-state index in [2.05, 4.69) is 26.0 Å². The van der Waals surface area contributed by atoms with Crippen molar-refractivity contribution >= 4 is 5.97 Å². The van der Waals surface area contributed by atoms with Crippen LogP contribution in [0, 0.1) is 5.92 Å². The molecule has 100 valence electrons. The van der Waals surface area contributed by atoms with Gasteiger partial charge in [-0.25, -0.2) is 0 Å². The number of ether oxygens (including phenoxy) is 1. The maximum atomic E-state index is 11.5. The second kappa shape index (κ2) is 8.73. The second-order valence-corrected chi connectivity index (χ2v) is 5.10. The van der Waals surface area contributed by atoms with Crippen LogP contribution in [0.1, 0.15) is 45.1 Å². The lowest BCUT2D eigenvalue weighted by Gasteiger charge is -2.06. The summed E-state index contributed by atoms with van der Waals surface area (Å²) in [5.41, 5.74) is 1.21. The summed E-state index contributed by atoms with van der Waals surface area (Å²) in [4.78, 5) is 11.5. The Bertz CT molecular complexity index is 330. The smallest absolute Gasteiger partial charge is 0.305 e. The van der Waals surface area contributed by atoms with Crippen molar-refractivity contribution in [2.24, 2.45) is 5.92 Å². The topological polar surface area (TPSA) is 26.3 Å². The first-order valence-corrected chi connectivity index (χ1v) is 6.88. The number of unbranched alkanes of at least 4 members (excludes halogenated alkanes) is 1. The molecule has 0 bridgehead atoms. The Hall–Kier alpha value is -1.31.